The maximum atomic E-state index is 5.78. The second kappa shape index (κ2) is 10.7. The molecule has 3 aromatic carbocycles. The van der Waals surface area contributed by atoms with Gasteiger partial charge in [-0.25, -0.2) is 0 Å². The Hall–Kier alpha value is -3.36. The highest BCUT2D eigenvalue weighted by Crippen LogP contribution is 2.38. The van der Waals surface area contributed by atoms with Crippen molar-refractivity contribution in [3.63, 3.8) is 0 Å². The number of nitrogens with zero attached hydrogens (tertiary/aromatic N) is 4. The number of thioether (sulfide) groups is 2. The monoisotopic (exact) mass is 514 g/mol. The molecule has 0 saturated carbocycles. The van der Waals surface area contributed by atoms with Crippen LogP contribution in [0, 0.1) is 13.8 Å². The van der Waals surface area contributed by atoms with Gasteiger partial charge in [0, 0.05) is 44.2 Å². The first kappa shape index (κ1) is 24.3. The summed E-state index contributed by atoms with van der Waals surface area (Å²) in [5, 5.41) is 23.9. The number of hydrogen-bond acceptors (Lipinski definition) is 8. The smallest absolute Gasteiger partial charge is 0.127 e. The van der Waals surface area contributed by atoms with E-state index in [2.05, 4.69) is 56.8 Å². The van der Waals surface area contributed by atoms with Crippen LogP contribution in [0.5, 0.6) is 11.5 Å². The second-order valence-corrected chi connectivity index (χ2v) is 10.3. The van der Waals surface area contributed by atoms with Crippen molar-refractivity contribution in [1.82, 2.24) is 20.4 Å². The predicted molar refractivity (Wildman–Crippen MR) is 147 cm³/mol. The van der Waals surface area contributed by atoms with Crippen LogP contribution in [0.4, 0.5) is 0 Å². The van der Waals surface area contributed by atoms with Gasteiger partial charge in [0.15, 0.2) is 0 Å². The maximum absolute atomic E-state index is 5.78. The summed E-state index contributed by atoms with van der Waals surface area (Å²) in [6, 6.07) is 20.6. The number of aryl methyl sites for hydroxylation is 2. The highest BCUT2D eigenvalue weighted by molar-refractivity contribution is 7.98. The van der Waals surface area contributed by atoms with Crippen molar-refractivity contribution in [2.45, 2.75) is 35.4 Å². The molecule has 0 bridgehead atoms. The van der Waals surface area contributed by atoms with E-state index in [1.165, 1.54) is 0 Å². The summed E-state index contributed by atoms with van der Waals surface area (Å²) in [5.74, 6) is 3.01. The summed E-state index contributed by atoms with van der Waals surface area (Å²) in [5.41, 5.74) is 3.95. The van der Waals surface area contributed by atoms with Gasteiger partial charge in [0.1, 0.15) is 21.6 Å². The summed E-state index contributed by atoms with van der Waals surface area (Å²) >= 11 is 3.29. The molecule has 182 valence electrons. The standard InChI is InChI=1S/C28H26N4O2S2/c1-17-21-9-5-7-11-23(21)27(31-29-17)35-15-19-13-26(34-4)20(14-25(19)33-3)16-36-28-24-12-8-6-10-22(24)18(2)30-32-28/h5-14H,15-16H2,1-4H3. The fourth-order valence-electron chi connectivity index (χ4n) is 4.18. The number of fused-ring (bicyclic) bond motifs is 2. The van der Waals surface area contributed by atoms with E-state index in [1.54, 1.807) is 37.7 Å². The lowest BCUT2D eigenvalue weighted by molar-refractivity contribution is 0.397. The average molecular weight is 515 g/mol. The number of benzene rings is 3. The first-order chi connectivity index (χ1) is 17.6. The van der Waals surface area contributed by atoms with Gasteiger partial charge in [0.05, 0.1) is 25.6 Å². The molecule has 0 aliphatic carbocycles. The van der Waals surface area contributed by atoms with Crippen molar-refractivity contribution < 1.29 is 9.47 Å². The zero-order valence-corrected chi connectivity index (χ0v) is 22.2. The van der Waals surface area contributed by atoms with Crippen LogP contribution in [-0.2, 0) is 11.5 Å². The first-order valence-corrected chi connectivity index (χ1v) is 13.5. The second-order valence-electron chi connectivity index (χ2n) is 8.33. The fourth-order valence-corrected chi connectivity index (χ4v) is 6.08. The molecule has 2 aromatic heterocycles. The average Bonchev–Trinajstić information content (AvgIpc) is 2.92. The molecule has 2 heterocycles. The van der Waals surface area contributed by atoms with Gasteiger partial charge < -0.3 is 9.47 Å². The van der Waals surface area contributed by atoms with Gasteiger partial charge in [0.2, 0.25) is 0 Å². The fraction of sp³-hybridized carbons (Fsp3) is 0.214. The molecule has 0 aliphatic rings. The molecule has 36 heavy (non-hydrogen) atoms. The topological polar surface area (TPSA) is 70.0 Å². The van der Waals surface area contributed by atoms with Crippen molar-refractivity contribution in [2.24, 2.45) is 0 Å². The SMILES string of the molecule is COc1cc(CSc2nnc(C)c3ccccc23)c(OC)cc1CSc1nnc(C)c2ccccc12. The van der Waals surface area contributed by atoms with Gasteiger partial charge in [-0.3, -0.25) is 0 Å². The van der Waals surface area contributed by atoms with E-state index in [9.17, 15) is 0 Å². The number of ether oxygens (including phenoxy) is 2. The predicted octanol–water partition coefficient (Wildman–Crippen LogP) is 6.79. The van der Waals surface area contributed by atoms with Gasteiger partial charge in [-0.05, 0) is 26.0 Å². The highest BCUT2D eigenvalue weighted by atomic mass is 32.2. The Morgan fingerprint density at radius 1 is 0.583 bits per heavy atom. The maximum Gasteiger partial charge on any atom is 0.127 e. The van der Waals surface area contributed by atoms with E-state index in [-0.39, 0.29) is 0 Å². The Labute approximate surface area is 218 Å². The molecule has 0 saturated heterocycles. The lowest BCUT2D eigenvalue weighted by Crippen LogP contribution is -1.99. The van der Waals surface area contributed by atoms with Crippen LogP contribution in [0.3, 0.4) is 0 Å². The number of hydrogen-bond donors (Lipinski definition) is 0. The lowest BCUT2D eigenvalue weighted by atomic mass is 10.1. The molecule has 0 aliphatic heterocycles. The Morgan fingerprint density at radius 3 is 1.36 bits per heavy atom. The first-order valence-electron chi connectivity index (χ1n) is 11.5. The molecule has 0 unspecified atom stereocenters. The van der Waals surface area contributed by atoms with Crippen LogP contribution in [0.15, 0.2) is 70.7 Å². The molecule has 6 nitrogen and oxygen atoms in total. The van der Waals surface area contributed by atoms with E-state index in [4.69, 9.17) is 9.47 Å². The molecule has 5 aromatic rings. The van der Waals surface area contributed by atoms with Gasteiger partial charge in [-0.1, -0.05) is 72.1 Å². The summed E-state index contributed by atoms with van der Waals surface area (Å²) in [6.07, 6.45) is 0. The van der Waals surface area contributed by atoms with E-state index in [0.717, 1.165) is 65.6 Å². The van der Waals surface area contributed by atoms with Gasteiger partial charge in [0.25, 0.3) is 0 Å². The highest BCUT2D eigenvalue weighted by Gasteiger charge is 2.15. The Kier molecular flexibility index (Phi) is 7.25. The van der Waals surface area contributed by atoms with E-state index in [1.807, 2.05) is 38.1 Å². The van der Waals surface area contributed by atoms with Crippen LogP contribution >= 0.6 is 23.5 Å². The molecular formula is C28H26N4O2S2. The molecule has 0 amide bonds. The number of methoxy groups -OCH3 is 2. The molecule has 5 rings (SSSR count). The molecule has 0 N–H and O–H groups in total. The summed E-state index contributed by atoms with van der Waals surface area (Å²) in [4.78, 5) is 0. The Balaban J connectivity index is 1.40. The molecule has 0 fully saturated rings. The third-order valence-corrected chi connectivity index (χ3v) is 8.15. The van der Waals surface area contributed by atoms with Crippen molar-refractivity contribution in [3.05, 3.63) is 83.2 Å². The van der Waals surface area contributed by atoms with Crippen LogP contribution in [0.1, 0.15) is 22.5 Å². The molecular weight excluding hydrogens is 488 g/mol. The van der Waals surface area contributed by atoms with E-state index < -0.39 is 0 Å². The minimum absolute atomic E-state index is 0.683. The minimum Gasteiger partial charge on any atom is -0.496 e. The third kappa shape index (κ3) is 4.83. The normalized spacial score (nSPS) is 11.2. The number of rotatable bonds is 8. The number of aromatic nitrogens is 4. The largest absolute Gasteiger partial charge is 0.496 e. The minimum atomic E-state index is 0.683. The third-order valence-electron chi connectivity index (χ3n) is 6.09. The quantitative estimate of drug-likeness (QED) is 0.210. The van der Waals surface area contributed by atoms with Crippen molar-refractivity contribution >= 4 is 45.1 Å². The van der Waals surface area contributed by atoms with Gasteiger partial charge in [-0.15, -0.1) is 10.2 Å². The Bertz CT molecular complexity index is 1440. The zero-order chi connectivity index (χ0) is 25.1. The molecule has 0 atom stereocenters. The summed E-state index contributed by atoms with van der Waals surface area (Å²) in [7, 11) is 3.40. The zero-order valence-electron chi connectivity index (χ0n) is 20.6. The van der Waals surface area contributed by atoms with Crippen molar-refractivity contribution in [2.75, 3.05) is 14.2 Å². The lowest BCUT2D eigenvalue weighted by Gasteiger charge is -2.15. The summed E-state index contributed by atoms with van der Waals surface area (Å²) in [6.45, 7) is 3.97. The molecule has 0 radical (unpaired) electrons. The summed E-state index contributed by atoms with van der Waals surface area (Å²) < 4.78 is 11.6. The van der Waals surface area contributed by atoms with Crippen LogP contribution in [0.2, 0.25) is 0 Å². The van der Waals surface area contributed by atoms with Crippen LogP contribution in [-0.4, -0.2) is 34.6 Å². The van der Waals surface area contributed by atoms with Crippen LogP contribution in [0.25, 0.3) is 21.5 Å². The Morgan fingerprint density at radius 2 is 0.972 bits per heavy atom. The van der Waals surface area contributed by atoms with E-state index in [0.29, 0.717) is 11.5 Å². The van der Waals surface area contributed by atoms with Gasteiger partial charge >= 0.3 is 0 Å². The van der Waals surface area contributed by atoms with Crippen LogP contribution < -0.4 is 9.47 Å². The van der Waals surface area contributed by atoms with E-state index >= 15 is 0 Å². The van der Waals surface area contributed by atoms with Crippen molar-refractivity contribution in [1.29, 1.82) is 0 Å². The molecule has 0 spiro atoms. The van der Waals surface area contributed by atoms with Gasteiger partial charge in [-0.2, -0.15) is 10.2 Å². The molecule has 8 heteroatoms. The van der Waals surface area contributed by atoms with Crippen molar-refractivity contribution in [3.8, 4) is 11.5 Å².